The molecule has 8 aromatic carbocycles. The van der Waals surface area contributed by atoms with Gasteiger partial charge in [-0.1, -0.05) is 145 Å². The van der Waals surface area contributed by atoms with Crippen molar-refractivity contribution in [2.75, 3.05) is 0 Å². The SMILES string of the molecule is [2H]c1c([2H])c([2H])c(-c2cccc(-c3c4c([2H])c([2H])c([2H])c([2H])c4c(-c4cc(-c5ccccc5)cc5oc6ccccc6c45)c4c([2H])c([2H])c([2H])c([2H])c34)c2)c([2H])c1[2H]. The second-order valence-corrected chi connectivity index (χ2v) is 10.7. The molecule has 45 heavy (non-hydrogen) atoms. The fourth-order valence-electron chi connectivity index (χ4n) is 6.26. The van der Waals surface area contributed by atoms with E-state index in [4.69, 9.17) is 16.8 Å². The molecule has 0 aliphatic heterocycles. The van der Waals surface area contributed by atoms with E-state index in [2.05, 4.69) is 0 Å². The van der Waals surface area contributed by atoms with E-state index in [1.807, 2.05) is 60.7 Å². The van der Waals surface area contributed by atoms with Crippen molar-refractivity contribution in [3.63, 3.8) is 0 Å². The number of benzene rings is 8. The maximum Gasteiger partial charge on any atom is 0.136 e. The van der Waals surface area contributed by atoms with Crippen molar-refractivity contribution in [1.29, 1.82) is 0 Å². The van der Waals surface area contributed by atoms with Crippen molar-refractivity contribution in [1.82, 2.24) is 0 Å². The zero-order chi connectivity index (χ0) is 41.1. The van der Waals surface area contributed by atoms with E-state index in [0.29, 0.717) is 33.1 Å². The lowest BCUT2D eigenvalue weighted by Gasteiger charge is -2.19. The third-order valence-electron chi connectivity index (χ3n) is 8.17. The van der Waals surface area contributed by atoms with Gasteiger partial charge in [-0.15, -0.1) is 0 Å². The van der Waals surface area contributed by atoms with Gasteiger partial charge in [0.1, 0.15) is 11.2 Å². The van der Waals surface area contributed by atoms with Gasteiger partial charge in [-0.2, -0.15) is 0 Å². The Bertz CT molecular complexity index is 3150. The molecule has 1 heteroatoms. The van der Waals surface area contributed by atoms with Gasteiger partial charge in [0, 0.05) is 10.8 Å². The molecule has 210 valence electrons. The van der Waals surface area contributed by atoms with Gasteiger partial charge in [-0.25, -0.2) is 0 Å². The molecule has 0 spiro atoms. The standard InChI is InChI=1S/C44H28O/c1-3-14-29(15-4-1)31-18-13-19-32(26-31)42-34-20-7-9-22-36(34)43(37-23-10-8-21-35(37)42)39-27-33(30-16-5-2-6-17-30)28-41-44(39)38-24-11-12-25-40(38)45-41/h1-28H/i1D,3D,4D,7D,8D,9D,10D,14D,15D,20D,21D,22D,23D. The summed E-state index contributed by atoms with van der Waals surface area (Å²) in [6, 6.07) is 20.2. The second-order valence-electron chi connectivity index (χ2n) is 10.7. The summed E-state index contributed by atoms with van der Waals surface area (Å²) in [5, 5.41) is 1.22. The predicted molar refractivity (Wildman–Crippen MR) is 190 cm³/mol. The lowest BCUT2D eigenvalue weighted by molar-refractivity contribution is 0.669. The fourth-order valence-corrected chi connectivity index (χ4v) is 6.26. The Morgan fingerprint density at radius 3 is 1.71 bits per heavy atom. The highest BCUT2D eigenvalue weighted by Gasteiger charge is 2.21. The normalized spacial score (nSPS) is 15.6. The average molecular weight is 586 g/mol. The van der Waals surface area contributed by atoms with Gasteiger partial charge in [-0.3, -0.25) is 0 Å². The van der Waals surface area contributed by atoms with Crippen LogP contribution < -0.4 is 0 Å². The van der Waals surface area contributed by atoms with Crippen LogP contribution in [0.2, 0.25) is 0 Å². The number of fused-ring (bicyclic) bond motifs is 5. The van der Waals surface area contributed by atoms with Crippen LogP contribution >= 0.6 is 0 Å². The summed E-state index contributed by atoms with van der Waals surface area (Å²) in [4.78, 5) is 0. The van der Waals surface area contributed by atoms with Gasteiger partial charge in [0.25, 0.3) is 0 Å². The van der Waals surface area contributed by atoms with Gasteiger partial charge < -0.3 is 4.42 Å². The van der Waals surface area contributed by atoms with E-state index in [1.54, 1.807) is 24.3 Å². The number of furan rings is 1. The summed E-state index contributed by atoms with van der Waals surface area (Å²) in [5.41, 5.74) is 3.48. The number of para-hydroxylation sites is 1. The van der Waals surface area contributed by atoms with Crippen molar-refractivity contribution >= 4 is 43.5 Å². The molecule has 1 heterocycles. The van der Waals surface area contributed by atoms with Crippen LogP contribution in [0.3, 0.4) is 0 Å². The van der Waals surface area contributed by atoms with Crippen molar-refractivity contribution in [2.24, 2.45) is 0 Å². The molecule has 0 amide bonds. The summed E-state index contributed by atoms with van der Waals surface area (Å²) in [6.45, 7) is 0. The fraction of sp³-hybridized carbons (Fsp3) is 0. The molecular formula is C44H28O. The molecule has 0 atom stereocenters. The molecule has 1 aromatic heterocycles. The summed E-state index contributed by atoms with van der Waals surface area (Å²) < 4.78 is 122. The van der Waals surface area contributed by atoms with Gasteiger partial charge in [0.15, 0.2) is 0 Å². The maximum atomic E-state index is 9.51. The topological polar surface area (TPSA) is 13.1 Å². The minimum absolute atomic E-state index is 0.00327. The molecular weight excluding hydrogens is 544 g/mol. The number of rotatable bonds is 4. The van der Waals surface area contributed by atoms with E-state index in [1.165, 1.54) is 6.07 Å². The molecule has 0 bridgehead atoms. The van der Waals surface area contributed by atoms with Crippen LogP contribution in [0.1, 0.15) is 17.8 Å². The minimum atomic E-state index is -0.566. The highest BCUT2D eigenvalue weighted by molar-refractivity contribution is 6.26. The average Bonchev–Trinajstić information content (AvgIpc) is 3.62. The van der Waals surface area contributed by atoms with E-state index >= 15 is 0 Å². The third kappa shape index (κ3) is 4.17. The quantitative estimate of drug-likeness (QED) is 0.187. The first-order valence-corrected chi connectivity index (χ1v) is 14.4. The van der Waals surface area contributed by atoms with E-state index < -0.39 is 78.6 Å². The van der Waals surface area contributed by atoms with Crippen LogP contribution in [-0.4, -0.2) is 0 Å². The van der Waals surface area contributed by atoms with Gasteiger partial charge in [0.05, 0.1) is 17.8 Å². The molecule has 0 saturated heterocycles. The lowest BCUT2D eigenvalue weighted by Crippen LogP contribution is -1.92. The maximum absolute atomic E-state index is 9.51. The Morgan fingerprint density at radius 1 is 0.378 bits per heavy atom. The summed E-state index contributed by atoms with van der Waals surface area (Å²) in [5.74, 6) is 0. The zero-order valence-electron chi connectivity index (χ0n) is 36.6. The smallest absolute Gasteiger partial charge is 0.136 e. The highest BCUT2D eigenvalue weighted by Crippen LogP contribution is 2.48. The summed E-state index contributed by atoms with van der Waals surface area (Å²) in [7, 11) is 0. The molecule has 1 nitrogen and oxygen atoms in total. The van der Waals surface area contributed by atoms with Crippen LogP contribution in [0.5, 0.6) is 0 Å². The van der Waals surface area contributed by atoms with Crippen LogP contribution in [0, 0.1) is 0 Å². The lowest BCUT2D eigenvalue weighted by atomic mass is 9.83. The summed E-state index contributed by atoms with van der Waals surface area (Å²) >= 11 is 0. The number of hydrogen-bond donors (Lipinski definition) is 0. The Balaban J connectivity index is 1.54. The molecule has 9 aromatic rings. The van der Waals surface area contributed by atoms with Crippen molar-refractivity contribution in [2.45, 2.75) is 0 Å². The molecule has 0 fully saturated rings. The number of hydrogen-bond acceptors (Lipinski definition) is 1. The largest absolute Gasteiger partial charge is 0.456 e. The Labute approximate surface area is 279 Å². The van der Waals surface area contributed by atoms with E-state index in [9.17, 15) is 5.48 Å². The van der Waals surface area contributed by atoms with Crippen LogP contribution in [0.4, 0.5) is 0 Å². The summed E-state index contributed by atoms with van der Waals surface area (Å²) in [6.07, 6.45) is 0. The highest BCUT2D eigenvalue weighted by atomic mass is 16.3. The van der Waals surface area contributed by atoms with Crippen molar-refractivity contribution in [3.05, 3.63) is 170 Å². The first kappa shape index (κ1) is 15.7. The molecule has 0 saturated carbocycles. The van der Waals surface area contributed by atoms with Crippen molar-refractivity contribution in [3.8, 4) is 44.5 Å². The zero-order valence-corrected chi connectivity index (χ0v) is 23.6. The first-order valence-electron chi connectivity index (χ1n) is 20.9. The van der Waals surface area contributed by atoms with Gasteiger partial charge in [0.2, 0.25) is 0 Å². The predicted octanol–water partition coefficient (Wildman–Crippen LogP) is 12.6. The Kier molecular flexibility index (Phi) is 3.62. The minimum Gasteiger partial charge on any atom is -0.456 e. The van der Waals surface area contributed by atoms with Crippen LogP contribution in [0.15, 0.2) is 174 Å². The van der Waals surface area contributed by atoms with Crippen LogP contribution in [0.25, 0.3) is 88.0 Å². The monoisotopic (exact) mass is 585 g/mol. The first-order chi connectivity index (χ1) is 27.7. The molecule has 9 rings (SSSR count). The third-order valence-corrected chi connectivity index (χ3v) is 8.17. The molecule has 0 aliphatic rings. The van der Waals surface area contributed by atoms with E-state index in [0.717, 1.165) is 5.56 Å². The molecule has 0 N–H and O–H groups in total. The van der Waals surface area contributed by atoms with Crippen LogP contribution in [-0.2, 0) is 0 Å². The van der Waals surface area contributed by atoms with Gasteiger partial charge >= 0.3 is 0 Å². The molecule has 0 aliphatic carbocycles. The second kappa shape index (κ2) is 10.4. The van der Waals surface area contributed by atoms with Crippen molar-refractivity contribution < 1.29 is 22.2 Å². The van der Waals surface area contributed by atoms with E-state index in [-0.39, 0.29) is 49.4 Å². The molecule has 0 radical (unpaired) electrons. The molecule has 0 unspecified atom stereocenters. The Morgan fingerprint density at radius 2 is 0.978 bits per heavy atom. The Hall–Kier alpha value is -5.92. The van der Waals surface area contributed by atoms with Gasteiger partial charge in [-0.05, 0) is 90.3 Å².